The quantitative estimate of drug-likeness (QED) is 0.441. The van der Waals surface area contributed by atoms with Crippen LogP contribution in [0.25, 0.3) is 0 Å². The number of hydrogen-bond donors (Lipinski definition) is 2. The number of benzene rings is 4. The summed E-state index contributed by atoms with van der Waals surface area (Å²) in [5.74, 6) is 1.39. The summed E-state index contributed by atoms with van der Waals surface area (Å²) in [6.45, 7) is 0.206. The predicted octanol–water partition coefficient (Wildman–Crippen LogP) is 5.50. The summed E-state index contributed by atoms with van der Waals surface area (Å²) in [6, 6.07) is 34.8. The molecule has 1 atom stereocenters. The standard InChI is InChI=1S/C27H23NO3/c29-27(21-10-4-1-5-11-21,22-12-6-2-7-13-22)26(28-23-14-8-3-9-15-23)20-16-17-24-25(18-20)31-19-30-24/h1-18,26,28-29H,19H2. The van der Waals surface area contributed by atoms with E-state index in [4.69, 9.17) is 9.47 Å². The van der Waals surface area contributed by atoms with E-state index in [-0.39, 0.29) is 6.79 Å². The summed E-state index contributed by atoms with van der Waals surface area (Å²) in [5, 5.41) is 16.0. The smallest absolute Gasteiger partial charge is 0.231 e. The molecule has 0 aromatic heterocycles. The first-order chi connectivity index (χ1) is 15.2. The highest BCUT2D eigenvalue weighted by atomic mass is 16.7. The molecule has 1 heterocycles. The second-order valence-electron chi connectivity index (χ2n) is 7.55. The van der Waals surface area contributed by atoms with Gasteiger partial charge >= 0.3 is 0 Å². The molecule has 4 nitrogen and oxygen atoms in total. The van der Waals surface area contributed by atoms with Crippen LogP contribution in [-0.4, -0.2) is 11.9 Å². The maximum absolute atomic E-state index is 12.4. The van der Waals surface area contributed by atoms with Crippen LogP contribution in [0, 0.1) is 0 Å². The van der Waals surface area contributed by atoms with Crippen LogP contribution >= 0.6 is 0 Å². The van der Waals surface area contributed by atoms with Crippen molar-refractivity contribution in [2.24, 2.45) is 0 Å². The van der Waals surface area contributed by atoms with Gasteiger partial charge in [0, 0.05) is 5.69 Å². The normalized spacial score (nSPS) is 13.6. The Morgan fingerprint density at radius 2 is 1.23 bits per heavy atom. The van der Waals surface area contributed by atoms with E-state index in [9.17, 15) is 5.11 Å². The van der Waals surface area contributed by atoms with Crippen LogP contribution in [0.2, 0.25) is 0 Å². The minimum absolute atomic E-state index is 0.206. The molecule has 0 saturated carbocycles. The van der Waals surface area contributed by atoms with Gasteiger partial charge in [-0.2, -0.15) is 0 Å². The summed E-state index contributed by atoms with van der Waals surface area (Å²) < 4.78 is 11.1. The SMILES string of the molecule is OC(c1ccccc1)(c1ccccc1)C(Nc1ccccc1)c1ccc2c(c1)OCO2. The molecule has 0 amide bonds. The second-order valence-corrected chi connectivity index (χ2v) is 7.55. The largest absolute Gasteiger partial charge is 0.454 e. The fourth-order valence-electron chi connectivity index (χ4n) is 4.11. The summed E-state index contributed by atoms with van der Waals surface area (Å²) in [6.07, 6.45) is 0. The lowest BCUT2D eigenvalue weighted by Crippen LogP contribution is -2.39. The van der Waals surface area contributed by atoms with Crippen molar-refractivity contribution in [2.45, 2.75) is 11.6 Å². The number of fused-ring (bicyclic) bond motifs is 1. The van der Waals surface area contributed by atoms with Crippen molar-refractivity contribution in [3.05, 3.63) is 126 Å². The number of aliphatic hydroxyl groups is 1. The van der Waals surface area contributed by atoms with Crippen molar-refractivity contribution in [3.8, 4) is 11.5 Å². The topological polar surface area (TPSA) is 50.7 Å². The first kappa shape index (κ1) is 19.2. The molecule has 1 aliphatic heterocycles. The molecule has 0 radical (unpaired) electrons. The van der Waals surface area contributed by atoms with Crippen LogP contribution in [0.1, 0.15) is 22.7 Å². The summed E-state index contributed by atoms with van der Waals surface area (Å²) in [5.41, 5.74) is 2.06. The Kier molecular flexibility index (Phi) is 5.06. The van der Waals surface area contributed by atoms with E-state index in [2.05, 4.69) is 5.32 Å². The molecule has 0 aliphatic carbocycles. The predicted molar refractivity (Wildman–Crippen MR) is 121 cm³/mol. The molecule has 4 aromatic carbocycles. The van der Waals surface area contributed by atoms with Gasteiger partial charge in [-0.15, -0.1) is 0 Å². The van der Waals surface area contributed by atoms with Gasteiger partial charge in [-0.05, 0) is 41.0 Å². The van der Waals surface area contributed by atoms with Gasteiger partial charge in [0.25, 0.3) is 0 Å². The lowest BCUT2D eigenvalue weighted by atomic mass is 9.77. The van der Waals surface area contributed by atoms with Crippen LogP contribution in [-0.2, 0) is 5.60 Å². The minimum Gasteiger partial charge on any atom is -0.454 e. The first-order valence-corrected chi connectivity index (χ1v) is 10.3. The van der Waals surface area contributed by atoms with E-state index in [0.717, 1.165) is 22.4 Å². The summed E-state index contributed by atoms with van der Waals surface area (Å²) in [4.78, 5) is 0. The third-order valence-corrected chi connectivity index (χ3v) is 5.66. The molecule has 1 unspecified atom stereocenters. The van der Waals surface area contributed by atoms with Gasteiger partial charge in [0.15, 0.2) is 11.5 Å². The van der Waals surface area contributed by atoms with E-state index in [1.165, 1.54) is 0 Å². The van der Waals surface area contributed by atoms with Crippen molar-refractivity contribution < 1.29 is 14.6 Å². The Hall–Kier alpha value is -3.76. The van der Waals surface area contributed by atoms with Crippen LogP contribution in [0.4, 0.5) is 5.69 Å². The molecule has 0 bridgehead atoms. The van der Waals surface area contributed by atoms with E-state index in [1.807, 2.05) is 109 Å². The summed E-state index contributed by atoms with van der Waals surface area (Å²) >= 11 is 0. The number of rotatable bonds is 6. The Labute approximate surface area is 181 Å². The first-order valence-electron chi connectivity index (χ1n) is 10.3. The monoisotopic (exact) mass is 409 g/mol. The molecular formula is C27H23NO3. The zero-order valence-corrected chi connectivity index (χ0v) is 16.9. The Balaban J connectivity index is 1.70. The number of nitrogens with one attached hydrogen (secondary N) is 1. The van der Waals surface area contributed by atoms with Crippen LogP contribution in [0.5, 0.6) is 11.5 Å². The number of para-hydroxylation sites is 1. The Morgan fingerprint density at radius 3 is 1.84 bits per heavy atom. The van der Waals surface area contributed by atoms with E-state index < -0.39 is 11.6 Å². The third kappa shape index (κ3) is 3.62. The van der Waals surface area contributed by atoms with E-state index >= 15 is 0 Å². The Morgan fingerprint density at radius 1 is 0.677 bits per heavy atom. The highest BCUT2D eigenvalue weighted by Crippen LogP contribution is 2.45. The fourth-order valence-corrected chi connectivity index (χ4v) is 4.11. The zero-order chi connectivity index (χ0) is 21.1. The van der Waals surface area contributed by atoms with Crippen molar-refractivity contribution in [3.63, 3.8) is 0 Å². The van der Waals surface area contributed by atoms with E-state index in [1.54, 1.807) is 0 Å². The number of hydrogen-bond acceptors (Lipinski definition) is 4. The molecule has 5 rings (SSSR count). The molecule has 1 aliphatic rings. The van der Waals surface area contributed by atoms with Crippen molar-refractivity contribution in [1.82, 2.24) is 0 Å². The van der Waals surface area contributed by atoms with Gasteiger partial charge in [0.05, 0.1) is 6.04 Å². The molecule has 154 valence electrons. The molecule has 4 heteroatoms. The lowest BCUT2D eigenvalue weighted by molar-refractivity contribution is 0.0585. The van der Waals surface area contributed by atoms with Crippen LogP contribution in [0.15, 0.2) is 109 Å². The molecular weight excluding hydrogens is 386 g/mol. The lowest BCUT2D eigenvalue weighted by Gasteiger charge is -2.38. The highest BCUT2D eigenvalue weighted by Gasteiger charge is 2.42. The van der Waals surface area contributed by atoms with Crippen LogP contribution < -0.4 is 14.8 Å². The molecule has 4 aromatic rings. The fraction of sp³-hybridized carbons (Fsp3) is 0.111. The van der Waals surface area contributed by atoms with Crippen LogP contribution in [0.3, 0.4) is 0 Å². The van der Waals surface area contributed by atoms with Gasteiger partial charge in [-0.1, -0.05) is 84.9 Å². The van der Waals surface area contributed by atoms with Gasteiger partial charge in [0.1, 0.15) is 5.60 Å². The highest BCUT2D eigenvalue weighted by molar-refractivity contribution is 5.54. The van der Waals surface area contributed by atoms with Crippen molar-refractivity contribution in [2.75, 3.05) is 12.1 Å². The minimum atomic E-state index is -1.34. The average molecular weight is 409 g/mol. The molecule has 2 N–H and O–H groups in total. The number of anilines is 1. The third-order valence-electron chi connectivity index (χ3n) is 5.66. The maximum atomic E-state index is 12.4. The van der Waals surface area contributed by atoms with E-state index in [0.29, 0.717) is 11.5 Å². The van der Waals surface area contributed by atoms with Crippen molar-refractivity contribution >= 4 is 5.69 Å². The number of ether oxygens (including phenoxy) is 2. The molecule has 0 saturated heterocycles. The van der Waals surface area contributed by atoms with Gasteiger partial charge < -0.3 is 19.9 Å². The Bertz CT molecular complexity index is 1110. The maximum Gasteiger partial charge on any atom is 0.231 e. The van der Waals surface area contributed by atoms with Gasteiger partial charge in [-0.3, -0.25) is 0 Å². The second kappa shape index (κ2) is 8.17. The zero-order valence-electron chi connectivity index (χ0n) is 16.9. The summed E-state index contributed by atoms with van der Waals surface area (Å²) in [7, 11) is 0. The molecule has 31 heavy (non-hydrogen) atoms. The molecule has 0 spiro atoms. The van der Waals surface area contributed by atoms with Gasteiger partial charge in [-0.25, -0.2) is 0 Å². The average Bonchev–Trinajstić information content (AvgIpc) is 3.32. The molecule has 0 fully saturated rings. The van der Waals surface area contributed by atoms with Gasteiger partial charge in [0.2, 0.25) is 6.79 Å². The van der Waals surface area contributed by atoms with Crippen molar-refractivity contribution in [1.29, 1.82) is 0 Å².